The first-order valence-electron chi connectivity index (χ1n) is 4.33. The molecule has 0 saturated carbocycles. The summed E-state index contributed by atoms with van der Waals surface area (Å²) in [6.07, 6.45) is 2.73. The molecule has 0 aliphatic carbocycles. The van der Waals surface area contributed by atoms with Gasteiger partial charge in [0.1, 0.15) is 0 Å². The average Bonchev–Trinajstić information content (AvgIpc) is 2.11. The van der Waals surface area contributed by atoms with Crippen molar-refractivity contribution in [2.45, 2.75) is 20.0 Å². The standard InChI is InChI=1S/C9H17O4P/c1-5-7-11-14(10,12-8-6-2)13-9(3)4/h5-6,9H,1-2,7-8H2,3-4H3. The van der Waals surface area contributed by atoms with E-state index in [1.807, 2.05) is 0 Å². The molecule has 0 aromatic carbocycles. The molecule has 0 aliphatic heterocycles. The first kappa shape index (κ1) is 13.6. The van der Waals surface area contributed by atoms with E-state index < -0.39 is 7.82 Å². The topological polar surface area (TPSA) is 44.8 Å². The summed E-state index contributed by atoms with van der Waals surface area (Å²) in [5.74, 6) is 0. The van der Waals surface area contributed by atoms with Gasteiger partial charge in [0.25, 0.3) is 0 Å². The minimum atomic E-state index is -3.45. The summed E-state index contributed by atoms with van der Waals surface area (Å²) >= 11 is 0. The normalized spacial score (nSPS) is 11.6. The molecule has 0 fully saturated rings. The van der Waals surface area contributed by atoms with Gasteiger partial charge < -0.3 is 0 Å². The summed E-state index contributed by atoms with van der Waals surface area (Å²) in [5, 5.41) is 0. The molecule has 0 aromatic rings. The quantitative estimate of drug-likeness (QED) is 0.466. The Hall–Kier alpha value is -0.410. The van der Waals surface area contributed by atoms with E-state index in [9.17, 15) is 4.57 Å². The van der Waals surface area contributed by atoms with Gasteiger partial charge in [0.05, 0.1) is 19.3 Å². The molecule has 0 atom stereocenters. The number of phosphoric ester groups is 1. The van der Waals surface area contributed by atoms with E-state index in [1.54, 1.807) is 13.8 Å². The van der Waals surface area contributed by atoms with Gasteiger partial charge in [-0.1, -0.05) is 12.2 Å². The second-order valence-corrected chi connectivity index (χ2v) is 4.39. The van der Waals surface area contributed by atoms with Gasteiger partial charge in [-0.2, -0.15) is 0 Å². The van der Waals surface area contributed by atoms with E-state index >= 15 is 0 Å². The van der Waals surface area contributed by atoms with Crippen molar-refractivity contribution in [2.24, 2.45) is 0 Å². The lowest BCUT2D eigenvalue weighted by atomic mass is 10.5. The molecule has 82 valence electrons. The first-order valence-corrected chi connectivity index (χ1v) is 5.79. The van der Waals surface area contributed by atoms with Gasteiger partial charge in [-0.25, -0.2) is 4.57 Å². The van der Waals surface area contributed by atoms with Gasteiger partial charge in [0.15, 0.2) is 0 Å². The molecule has 0 N–H and O–H groups in total. The van der Waals surface area contributed by atoms with Crippen LogP contribution < -0.4 is 0 Å². The first-order chi connectivity index (χ1) is 6.54. The van der Waals surface area contributed by atoms with Crippen LogP contribution in [-0.4, -0.2) is 19.3 Å². The minimum absolute atomic E-state index is 0.126. The second-order valence-electron chi connectivity index (χ2n) is 2.77. The highest BCUT2D eigenvalue weighted by Gasteiger charge is 2.26. The van der Waals surface area contributed by atoms with Crippen molar-refractivity contribution in [3.8, 4) is 0 Å². The molecule has 0 amide bonds. The zero-order valence-corrected chi connectivity index (χ0v) is 9.54. The van der Waals surface area contributed by atoms with E-state index in [2.05, 4.69) is 13.2 Å². The minimum Gasteiger partial charge on any atom is -0.284 e. The van der Waals surface area contributed by atoms with Crippen LogP contribution in [0.5, 0.6) is 0 Å². The average molecular weight is 220 g/mol. The molecule has 0 unspecified atom stereocenters. The van der Waals surface area contributed by atoms with Crippen LogP contribution in [0.3, 0.4) is 0 Å². The lowest BCUT2D eigenvalue weighted by Crippen LogP contribution is -2.06. The van der Waals surface area contributed by atoms with E-state index in [0.717, 1.165) is 0 Å². The van der Waals surface area contributed by atoms with Gasteiger partial charge in [-0.15, -0.1) is 13.2 Å². The Bertz CT molecular complexity index is 209. The SMILES string of the molecule is C=CCOP(=O)(OCC=C)OC(C)C. The Morgan fingerprint density at radius 3 is 1.93 bits per heavy atom. The second kappa shape index (κ2) is 6.96. The molecule has 0 aromatic heterocycles. The number of phosphoric acid groups is 1. The Morgan fingerprint density at radius 2 is 1.64 bits per heavy atom. The van der Waals surface area contributed by atoms with Gasteiger partial charge in [0, 0.05) is 0 Å². The molecule has 0 spiro atoms. The van der Waals surface area contributed by atoms with Crippen molar-refractivity contribution >= 4 is 7.82 Å². The third-order valence-corrected chi connectivity index (χ3v) is 2.65. The van der Waals surface area contributed by atoms with E-state index in [-0.39, 0.29) is 19.3 Å². The fraction of sp³-hybridized carbons (Fsp3) is 0.556. The summed E-state index contributed by atoms with van der Waals surface area (Å²) in [7, 11) is -3.45. The maximum atomic E-state index is 11.8. The fourth-order valence-electron chi connectivity index (χ4n) is 0.644. The van der Waals surface area contributed by atoms with Gasteiger partial charge in [0.2, 0.25) is 0 Å². The van der Waals surface area contributed by atoms with Crippen LogP contribution in [0, 0.1) is 0 Å². The Kier molecular flexibility index (Phi) is 6.75. The third-order valence-electron chi connectivity index (χ3n) is 1.04. The van der Waals surface area contributed by atoms with Crippen molar-refractivity contribution in [1.82, 2.24) is 0 Å². The molecule has 0 rings (SSSR count). The largest absolute Gasteiger partial charge is 0.475 e. The van der Waals surface area contributed by atoms with Gasteiger partial charge in [-0.05, 0) is 13.8 Å². The molecule has 4 nitrogen and oxygen atoms in total. The number of hydrogen-bond donors (Lipinski definition) is 0. The molecular weight excluding hydrogens is 203 g/mol. The summed E-state index contributed by atoms with van der Waals surface area (Å²) in [6.45, 7) is 10.6. The van der Waals surface area contributed by atoms with Crippen molar-refractivity contribution in [2.75, 3.05) is 13.2 Å². The van der Waals surface area contributed by atoms with Gasteiger partial charge in [-0.3, -0.25) is 13.6 Å². The van der Waals surface area contributed by atoms with Crippen molar-refractivity contribution < 1.29 is 18.1 Å². The summed E-state index contributed by atoms with van der Waals surface area (Å²) < 4.78 is 26.7. The van der Waals surface area contributed by atoms with Crippen LogP contribution in [0.1, 0.15) is 13.8 Å². The highest BCUT2D eigenvalue weighted by molar-refractivity contribution is 7.48. The summed E-state index contributed by atoms with van der Waals surface area (Å²) in [6, 6.07) is 0. The van der Waals surface area contributed by atoms with Crippen molar-refractivity contribution in [3.63, 3.8) is 0 Å². The van der Waals surface area contributed by atoms with Crippen LogP contribution in [0.25, 0.3) is 0 Å². The van der Waals surface area contributed by atoms with E-state index in [0.29, 0.717) is 0 Å². The van der Waals surface area contributed by atoms with Crippen LogP contribution in [-0.2, 0) is 18.1 Å². The lowest BCUT2D eigenvalue weighted by Gasteiger charge is -2.18. The molecule has 5 heteroatoms. The molecule has 0 heterocycles. The molecule has 0 aliphatic rings. The predicted octanol–water partition coefficient (Wildman–Crippen LogP) is 2.92. The third kappa shape index (κ3) is 6.11. The number of rotatable bonds is 8. The zero-order chi connectivity index (χ0) is 11.0. The molecular formula is C9H17O4P. The Labute approximate surface area is 85.2 Å². The molecule has 14 heavy (non-hydrogen) atoms. The van der Waals surface area contributed by atoms with Crippen molar-refractivity contribution in [1.29, 1.82) is 0 Å². The predicted molar refractivity (Wildman–Crippen MR) is 56.1 cm³/mol. The highest BCUT2D eigenvalue weighted by atomic mass is 31.2. The monoisotopic (exact) mass is 220 g/mol. The van der Waals surface area contributed by atoms with Crippen LogP contribution in [0.15, 0.2) is 25.3 Å². The smallest absolute Gasteiger partial charge is 0.284 e. The summed E-state index contributed by atoms with van der Waals surface area (Å²) in [5.41, 5.74) is 0. The van der Waals surface area contributed by atoms with E-state index in [1.165, 1.54) is 12.2 Å². The van der Waals surface area contributed by atoms with Crippen LogP contribution >= 0.6 is 7.82 Å². The highest BCUT2D eigenvalue weighted by Crippen LogP contribution is 2.50. The Balaban J connectivity index is 4.24. The van der Waals surface area contributed by atoms with Crippen LogP contribution in [0.2, 0.25) is 0 Å². The van der Waals surface area contributed by atoms with Gasteiger partial charge >= 0.3 is 7.82 Å². The number of hydrogen-bond acceptors (Lipinski definition) is 4. The molecule has 0 bridgehead atoms. The molecule has 0 radical (unpaired) electrons. The molecule has 0 saturated heterocycles. The maximum Gasteiger partial charge on any atom is 0.475 e. The Morgan fingerprint density at radius 1 is 1.21 bits per heavy atom. The van der Waals surface area contributed by atoms with Crippen molar-refractivity contribution in [3.05, 3.63) is 25.3 Å². The van der Waals surface area contributed by atoms with E-state index in [4.69, 9.17) is 13.6 Å². The fourth-order valence-corrected chi connectivity index (χ4v) is 1.93. The van der Waals surface area contributed by atoms with Crippen LogP contribution in [0.4, 0.5) is 0 Å². The maximum absolute atomic E-state index is 11.8. The lowest BCUT2D eigenvalue weighted by molar-refractivity contribution is 0.105. The summed E-state index contributed by atoms with van der Waals surface area (Å²) in [4.78, 5) is 0. The zero-order valence-electron chi connectivity index (χ0n) is 8.64.